The highest BCUT2D eigenvalue weighted by Gasteiger charge is 2.39. The molecular formula is C15H17F2N5O. The van der Waals surface area contributed by atoms with Gasteiger partial charge >= 0.3 is 0 Å². The van der Waals surface area contributed by atoms with Crippen LogP contribution in [-0.4, -0.2) is 39.4 Å². The number of hydrogen-bond acceptors (Lipinski definition) is 4. The minimum atomic E-state index is -2.68. The molecule has 1 aromatic heterocycles. The summed E-state index contributed by atoms with van der Waals surface area (Å²) >= 11 is 0. The average molecular weight is 321 g/mol. The van der Waals surface area contributed by atoms with Gasteiger partial charge in [0.25, 0.3) is 11.8 Å². The molecule has 2 N–H and O–H groups in total. The molecule has 0 aliphatic carbocycles. The van der Waals surface area contributed by atoms with Gasteiger partial charge < -0.3 is 10.6 Å². The number of nitrogens with zero attached hydrogens (tertiary/aromatic N) is 3. The smallest absolute Gasteiger partial charge is 0.273 e. The summed E-state index contributed by atoms with van der Waals surface area (Å²) in [6, 6.07) is 9.13. The predicted molar refractivity (Wildman–Crippen MR) is 79.0 cm³/mol. The molecule has 1 aliphatic rings. The van der Waals surface area contributed by atoms with Crippen molar-refractivity contribution in [2.45, 2.75) is 31.5 Å². The van der Waals surface area contributed by atoms with Gasteiger partial charge in [0.2, 0.25) is 0 Å². The van der Waals surface area contributed by atoms with Gasteiger partial charge in [0, 0.05) is 19.0 Å². The van der Waals surface area contributed by atoms with Crippen molar-refractivity contribution in [3.8, 4) is 0 Å². The van der Waals surface area contributed by atoms with Gasteiger partial charge in [-0.3, -0.25) is 9.48 Å². The van der Waals surface area contributed by atoms with E-state index in [1.165, 1.54) is 10.9 Å². The molecule has 0 spiro atoms. The summed E-state index contributed by atoms with van der Waals surface area (Å²) in [5.74, 6) is -3.02. The zero-order valence-corrected chi connectivity index (χ0v) is 12.4. The van der Waals surface area contributed by atoms with Gasteiger partial charge in [-0.05, 0) is 5.56 Å². The quantitative estimate of drug-likeness (QED) is 0.868. The zero-order valence-electron chi connectivity index (χ0n) is 12.4. The Morgan fingerprint density at radius 3 is 2.87 bits per heavy atom. The number of carbonyl (C=O) groups excluding carboxylic acids is 1. The lowest BCUT2D eigenvalue weighted by atomic mass is 10.2. The Labute approximate surface area is 131 Å². The van der Waals surface area contributed by atoms with E-state index in [9.17, 15) is 13.6 Å². The van der Waals surface area contributed by atoms with Crippen LogP contribution < -0.4 is 10.6 Å². The van der Waals surface area contributed by atoms with Crippen LogP contribution in [0.3, 0.4) is 0 Å². The van der Waals surface area contributed by atoms with E-state index in [2.05, 4.69) is 20.9 Å². The van der Waals surface area contributed by atoms with E-state index in [1.54, 1.807) is 0 Å². The fourth-order valence-corrected chi connectivity index (χ4v) is 2.51. The van der Waals surface area contributed by atoms with Gasteiger partial charge in [0.05, 0.1) is 19.3 Å². The Morgan fingerprint density at radius 2 is 2.17 bits per heavy atom. The Hall–Kier alpha value is -2.35. The second-order valence-electron chi connectivity index (χ2n) is 5.63. The average Bonchev–Trinajstić information content (AvgIpc) is 3.13. The molecule has 122 valence electrons. The standard InChI is InChI=1S/C15H17F2N5O/c16-15(17)6-12(19-10-15)8-22-9-13(20-21-22)14(23)18-7-11-4-2-1-3-5-11/h1-5,9,12,19H,6-8,10H2,(H,18,23). The van der Waals surface area contributed by atoms with Crippen LogP contribution in [0, 0.1) is 0 Å². The van der Waals surface area contributed by atoms with E-state index in [0.717, 1.165) is 5.56 Å². The molecule has 23 heavy (non-hydrogen) atoms. The summed E-state index contributed by atoms with van der Waals surface area (Å²) in [6.45, 7) is 0.328. The first-order valence-electron chi connectivity index (χ1n) is 7.35. The van der Waals surface area contributed by atoms with E-state index in [4.69, 9.17) is 0 Å². The molecule has 1 aliphatic heterocycles. The molecule has 0 radical (unpaired) electrons. The van der Waals surface area contributed by atoms with Crippen molar-refractivity contribution in [3.63, 3.8) is 0 Å². The minimum absolute atomic E-state index is 0.172. The van der Waals surface area contributed by atoms with E-state index in [0.29, 0.717) is 6.54 Å². The van der Waals surface area contributed by atoms with Crippen molar-refractivity contribution in [2.75, 3.05) is 6.54 Å². The molecular weight excluding hydrogens is 304 g/mol. The first-order chi connectivity index (χ1) is 11.0. The van der Waals surface area contributed by atoms with Gasteiger partial charge in [-0.25, -0.2) is 8.78 Å². The summed E-state index contributed by atoms with van der Waals surface area (Å²) < 4.78 is 27.7. The third-order valence-corrected chi connectivity index (χ3v) is 3.67. The summed E-state index contributed by atoms with van der Waals surface area (Å²) in [6.07, 6.45) is 1.24. The minimum Gasteiger partial charge on any atom is -0.347 e. The number of aromatic nitrogens is 3. The van der Waals surface area contributed by atoms with Crippen molar-refractivity contribution in [3.05, 3.63) is 47.8 Å². The predicted octanol–water partition coefficient (Wildman–Crippen LogP) is 1.21. The third-order valence-electron chi connectivity index (χ3n) is 3.67. The van der Waals surface area contributed by atoms with Crippen LogP contribution in [0.4, 0.5) is 8.78 Å². The van der Waals surface area contributed by atoms with Crippen LogP contribution in [-0.2, 0) is 13.1 Å². The largest absolute Gasteiger partial charge is 0.347 e. The number of rotatable bonds is 5. The number of nitrogens with one attached hydrogen (secondary N) is 2. The Bertz CT molecular complexity index is 674. The lowest BCUT2D eigenvalue weighted by Crippen LogP contribution is -2.27. The fraction of sp³-hybridized carbons (Fsp3) is 0.400. The number of alkyl halides is 2. The summed E-state index contributed by atoms with van der Waals surface area (Å²) in [7, 11) is 0. The first kappa shape index (κ1) is 15.5. The molecule has 1 fully saturated rings. The maximum atomic E-state index is 13.1. The molecule has 1 atom stereocenters. The molecule has 8 heteroatoms. The second kappa shape index (κ2) is 6.41. The number of hydrogen-bond donors (Lipinski definition) is 2. The van der Waals surface area contributed by atoms with Crippen LogP contribution in [0.25, 0.3) is 0 Å². The topological polar surface area (TPSA) is 71.8 Å². The Kier molecular flexibility index (Phi) is 4.33. The molecule has 1 amide bonds. The van der Waals surface area contributed by atoms with Gasteiger partial charge in [-0.1, -0.05) is 35.5 Å². The van der Waals surface area contributed by atoms with Crippen LogP contribution in [0.2, 0.25) is 0 Å². The van der Waals surface area contributed by atoms with Crippen LogP contribution in [0.1, 0.15) is 22.5 Å². The summed E-state index contributed by atoms with van der Waals surface area (Å²) in [5.41, 5.74) is 1.15. The van der Waals surface area contributed by atoms with E-state index < -0.39 is 5.92 Å². The van der Waals surface area contributed by atoms with Gasteiger partial charge in [0.15, 0.2) is 5.69 Å². The zero-order chi connectivity index (χ0) is 16.3. The van der Waals surface area contributed by atoms with Crippen molar-refractivity contribution < 1.29 is 13.6 Å². The maximum Gasteiger partial charge on any atom is 0.273 e. The van der Waals surface area contributed by atoms with Crippen molar-refractivity contribution >= 4 is 5.91 Å². The van der Waals surface area contributed by atoms with E-state index in [-0.39, 0.29) is 37.2 Å². The van der Waals surface area contributed by atoms with Crippen molar-refractivity contribution in [1.29, 1.82) is 0 Å². The van der Waals surface area contributed by atoms with Crippen molar-refractivity contribution in [2.24, 2.45) is 0 Å². The SMILES string of the molecule is O=C(NCc1ccccc1)c1cn(CC2CC(F)(F)CN2)nn1. The molecule has 1 unspecified atom stereocenters. The van der Waals surface area contributed by atoms with Gasteiger partial charge in [-0.2, -0.15) is 0 Å². The Morgan fingerprint density at radius 1 is 1.39 bits per heavy atom. The van der Waals surface area contributed by atoms with Gasteiger partial charge in [-0.15, -0.1) is 5.10 Å². The summed E-state index contributed by atoms with van der Waals surface area (Å²) in [5, 5.41) is 13.1. The monoisotopic (exact) mass is 321 g/mol. The number of halogens is 2. The summed E-state index contributed by atoms with van der Waals surface area (Å²) in [4.78, 5) is 12.0. The van der Waals surface area contributed by atoms with E-state index in [1.807, 2.05) is 30.3 Å². The van der Waals surface area contributed by atoms with Crippen molar-refractivity contribution in [1.82, 2.24) is 25.6 Å². The number of amides is 1. The Balaban J connectivity index is 1.53. The third kappa shape index (κ3) is 4.10. The lowest BCUT2D eigenvalue weighted by Gasteiger charge is -2.09. The van der Waals surface area contributed by atoms with Crippen LogP contribution >= 0.6 is 0 Å². The molecule has 2 aromatic rings. The van der Waals surface area contributed by atoms with Gasteiger partial charge in [0.1, 0.15) is 0 Å². The molecule has 0 bridgehead atoms. The number of benzene rings is 1. The first-order valence-corrected chi connectivity index (χ1v) is 7.35. The highest BCUT2D eigenvalue weighted by atomic mass is 19.3. The lowest BCUT2D eigenvalue weighted by molar-refractivity contribution is 0.0205. The molecule has 2 heterocycles. The normalized spacial score (nSPS) is 19.7. The second-order valence-corrected chi connectivity index (χ2v) is 5.63. The maximum absolute atomic E-state index is 13.1. The van der Waals surface area contributed by atoms with E-state index >= 15 is 0 Å². The molecule has 0 saturated carbocycles. The number of carbonyl (C=O) groups is 1. The molecule has 6 nitrogen and oxygen atoms in total. The molecule has 3 rings (SSSR count). The highest BCUT2D eigenvalue weighted by molar-refractivity contribution is 5.91. The van der Waals surface area contributed by atoms with Crippen LogP contribution in [0.15, 0.2) is 36.5 Å². The highest BCUT2D eigenvalue weighted by Crippen LogP contribution is 2.25. The molecule has 1 aromatic carbocycles. The molecule has 1 saturated heterocycles. The fourth-order valence-electron chi connectivity index (χ4n) is 2.51. The van der Waals surface area contributed by atoms with Crippen LogP contribution in [0.5, 0.6) is 0 Å².